The molecule has 0 saturated heterocycles. The molecule has 0 aromatic heterocycles. The van der Waals surface area contributed by atoms with E-state index in [-0.39, 0.29) is 17.9 Å². The van der Waals surface area contributed by atoms with Gasteiger partial charge in [0.2, 0.25) is 0 Å². The van der Waals surface area contributed by atoms with Crippen LogP contribution in [0.4, 0.5) is 10.5 Å². The average molecular weight is 343 g/mol. The second kappa shape index (κ2) is 7.70. The molecule has 0 aliphatic heterocycles. The van der Waals surface area contributed by atoms with Gasteiger partial charge in [-0.3, -0.25) is 5.32 Å². The summed E-state index contributed by atoms with van der Waals surface area (Å²) in [4.78, 5) is 23.2. The van der Waals surface area contributed by atoms with E-state index in [1.165, 1.54) is 12.1 Å². The van der Waals surface area contributed by atoms with Crippen LogP contribution in [0.3, 0.4) is 0 Å². The summed E-state index contributed by atoms with van der Waals surface area (Å²) in [6, 6.07) is 13.8. The summed E-state index contributed by atoms with van der Waals surface area (Å²) in [5.41, 5.74) is 0.597. The van der Waals surface area contributed by atoms with Crippen molar-refractivity contribution in [2.45, 2.75) is 33.0 Å². The fraction of sp³-hybridized carbons (Fsp3) is 0.263. The first kappa shape index (κ1) is 18.3. The number of hydrogen-bond donors (Lipinski definition) is 2. The van der Waals surface area contributed by atoms with Crippen molar-refractivity contribution >= 4 is 17.7 Å². The minimum atomic E-state index is -1.11. The predicted molar refractivity (Wildman–Crippen MR) is 94.0 cm³/mol. The van der Waals surface area contributed by atoms with Crippen LogP contribution in [0.5, 0.6) is 5.75 Å². The fourth-order valence-corrected chi connectivity index (χ4v) is 2.04. The quantitative estimate of drug-likeness (QED) is 0.845. The van der Waals surface area contributed by atoms with Gasteiger partial charge in [-0.05, 0) is 38.5 Å². The van der Waals surface area contributed by atoms with Gasteiger partial charge in [0.15, 0.2) is 0 Å². The molecule has 0 aliphatic carbocycles. The SMILES string of the molecule is CC(C)(C)OC(=O)Nc1cc(OCc2ccccc2)cc(C(=O)O)c1. The number of aromatic carboxylic acids is 1. The lowest BCUT2D eigenvalue weighted by atomic mass is 10.2. The van der Waals surface area contributed by atoms with Gasteiger partial charge >= 0.3 is 12.1 Å². The zero-order valence-corrected chi connectivity index (χ0v) is 14.4. The van der Waals surface area contributed by atoms with Crippen molar-refractivity contribution in [2.24, 2.45) is 0 Å². The normalized spacial score (nSPS) is 10.8. The van der Waals surface area contributed by atoms with E-state index in [4.69, 9.17) is 9.47 Å². The third kappa shape index (κ3) is 6.18. The van der Waals surface area contributed by atoms with Crippen molar-refractivity contribution in [3.05, 3.63) is 59.7 Å². The van der Waals surface area contributed by atoms with E-state index < -0.39 is 17.7 Å². The number of amides is 1. The second-order valence-electron chi connectivity index (χ2n) is 6.45. The molecule has 2 N–H and O–H groups in total. The maximum absolute atomic E-state index is 11.9. The lowest BCUT2D eigenvalue weighted by molar-refractivity contribution is 0.0632. The summed E-state index contributed by atoms with van der Waals surface area (Å²) in [7, 11) is 0. The Balaban J connectivity index is 2.15. The third-order valence-electron chi connectivity index (χ3n) is 3.05. The van der Waals surface area contributed by atoms with Crippen LogP contribution in [0.25, 0.3) is 0 Å². The molecule has 1 amide bonds. The van der Waals surface area contributed by atoms with Crippen LogP contribution in [-0.2, 0) is 11.3 Å². The van der Waals surface area contributed by atoms with Crippen LogP contribution in [0.15, 0.2) is 48.5 Å². The summed E-state index contributed by atoms with van der Waals surface area (Å²) in [5.74, 6) is -0.771. The first-order chi connectivity index (χ1) is 11.7. The fourth-order valence-electron chi connectivity index (χ4n) is 2.04. The lowest BCUT2D eigenvalue weighted by Crippen LogP contribution is -2.27. The zero-order chi connectivity index (χ0) is 18.4. The molecule has 0 fully saturated rings. The Bertz CT molecular complexity index is 750. The molecule has 0 atom stereocenters. The summed E-state index contributed by atoms with van der Waals surface area (Å²) >= 11 is 0. The number of benzene rings is 2. The molecule has 0 unspecified atom stereocenters. The minimum Gasteiger partial charge on any atom is -0.489 e. The van der Waals surface area contributed by atoms with Crippen molar-refractivity contribution in [1.82, 2.24) is 0 Å². The predicted octanol–water partition coefficient (Wildman–Crippen LogP) is 4.31. The average Bonchev–Trinajstić information content (AvgIpc) is 2.51. The molecule has 0 radical (unpaired) electrons. The molecule has 25 heavy (non-hydrogen) atoms. The van der Waals surface area contributed by atoms with E-state index >= 15 is 0 Å². The van der Waals surface area contributed by atoms with Gasteiger partial charge in [-0.1, -0.05) is 30.3 Å². The minimum absolute atomic E-state index is 0.0108. The molecule has 2 aromatic carbocycles. The van der Waals surface area contributed by atoms with E-state index in [1.807, 2.05) is 30.3 Å². The number of carbonyl (C=O) groups is 2. The van der Waals surface area contributed by atoms with Gasteiger partial charge in [-0.15, -0.1) is 0 Å². The molecule has 132 valence electrons. The molecule has 0 bridgehead atoms. The lowest BCUT2D eigenvalue weighted by Gasteiger charge is -2.20. The highest BCUT2D eigenvalue weighted by molar-refractivity contribution is 5.92. The van der Waals surface area contributed by atoms with Crippen molar-refractivity contribution in [2.75, 3.05) is 5.32 Å². The van der Waals surface area contributed by atoms with E-state index in [2.05, 4.69) is 5.32 Å². The molecule has 6 nitrogen and oxygen atoms in total. The van der Waals surface area contributed by atoms with Crippen LogP contribution in [0, 0.1) is 0 Å². The van der Waals surface area contributed by atoms with Crippen LogP contribution >= 0.6 is 0 Å². The Hall–Kier alpha value is -3.02. The van der Waals surface area contributed by atoms with Gasteiger partial charge in [-0.2, -0.15) is 0 Å². The Labute approximate surface area is 146 Å². The smallest absolute Gasteiger partial charge is 0.412 e. The number of anilines is 1. The van der Waals surface area contributed by atoms with Crippen LogP contribution < -0.4 is 10.1 Å². The van der Waals surface area contributed by atoms with Crippen molar-refractivity contribution in [1.29, 1.82) is 0 Å². The Kier molecular flexibility index (Phi) is 5.64. The van der Waals surface area contributed by atoms with Crippen molar-refractivity contribution < 1.29 is 24.2 Å². The second-order valence-corrected chi connectivity index (χ2v) is 6.45. The first-order valence-electron chi connectivity index (χ1n) is 7.78. The number of nitrogens with one attached hydrogen (secondary N) is 1. The molecule has 2 aromatic rings. The maximum atomic E-state index is 11.9. The zero-order valence-electron chi connectivity index (χ0n) is 14.4. The van der Waals surface area contributed by atoms with Gasteiger partial charge < -0.3 is 14.6 Å². The highest BCUT2D eigenvalue weighted by atomic mass is 16.6. The topological polar surface area (TPSA) is 84.9 Å². The highest BCUT2D eigenvalue weighted by Crippen LogP contribution is 2.23. The molecule has 0 spiro atoms. The molecular weight excluding hydrogens is 322 g/mol. The number of hydrogen-bond acceptors (Lipinski definition) is 4. The van der Waals surface area contributed by atoms with Gasteiger partial charge in [0.05, 0.1) is 5.56 Å². The van der Waals surface area contributed by atoms with Crippen molar-refractivity contribution in [3.63, 3.8) is 0 Å². The van der Waals surface area contributed by atoms with E-state index in [0.717, 1.165) is 5.56 Å². The maximum Gasteiger partial charge on any atom is 0.412 e. The number of carbonyl (C=O) groups excluding carboxylic acids is 1. The van der Waals surface area contributed by atoms with Crippen LogP contribution in [0.2, 0.25) is 0 Å². The van der Waals surface area contributed by atoms with Crippen molar-refractivity contribution in [3.8, 4) is 5.75 Å². The first-order valence-corrected chi connectivity index (χ1v) is 7.78. The Morgan fingerprint density at radius 1 is 1.08 bits per heavy atom. The van der Waals surface area contributed by atoms with E-state index in [9.17, 15) is 14.7 Å². The molecule has 0 saturated carbocycles. The number of rotatable bonds is 5. The number of ether oxygens (including phenoxy) is 2. The summed E-state index contributed by atoms with van der Waals surface area (Å²) in [6.45, 7) is 5.52. The Morgan fingerprint density at radius 3 is 2.36 bits per heavy atom. The molecular formula is C19H21NO5. The summed E-state index contributed by atoms with van der Waals surface area (Å²) in [5, 5.41) is 11.8. The van der Waals surface area contributed by atoms with Crippen LogP contribution in [-0.4, -0.2) is 22.8 Å². The highest BCUT2D eigenvalue weighted by Gasteiger charge is 2.17. The number of carboxylic acid groups (broad SMARTS) is 1. The third-order valence-corrected chi connectivity index (χ3v) is 3.05. The summed E-state index contributed by atoms with van der Waals surface area (Å²) in [6.07, 6.45) is -0.663. The molecule has 0 heterocycles. The van der Waals surface area contributed by atoms with Gasteiger partial charge in [0.1, 0.15) is 18.0 Å². The summed E-state index contributed by atoms with van der Waals surface area (Å²) < 4.78 is 10.8. The largest absolute Gasteiger partial charge is 0.489 e. The van der Waals surface area contributed by atoms with E-state index in [0.29, 0.717) is 5.75 Å². The number of carboxylic acids is 1. The molecule has 2 rings (SSSR count). The van der Waals surface area contributed by atoms with Gasteiger partial charge in [0, 0.05) is 11.8 Å². The Morgan fingerprint density at radius 2 is 1.76 bits per heavy atom. The van der Waals surface area contributed by atoms with Gasteiger partial charge in [-0.25, -0.2) is 9.59 Å². The molecule has 6 heteroatoms. The van der Waals surface area contributed by atoms with E-state index in [1.54, 1.807) is 26.8 Å². The standard InChI is InChI=1S/C19H21NO5/c1-19(2,3)25-18(23)20-15-9-14(17(21)22)10-16(11-15)24-12-13-7-5-4-6-8-13/h4-11H,12H2,1-3H3,(H,20,23)(H,21,22). The van der Waals surface area contributed by atoms with Crippen LogP contribution in [0.1, 0.15) is 36.7 Å². The molecule has 0 aliphatic rings. The van der Waals surface area contributed by atoms with Gasteiger partial charge in [0.25, 0.3) is 0 Å². The monoisotopic (exact) mass is 343 g/mol.